The Morgan fingerprint density at radius 1 is 1.11 bits per heavy atom. The molecule has 8 nitrogen and oxygen atoms in total. The van der Waals surface area contributed by atoms with E-state index in [0.717, 1.165) is 22.7 Å². The van der Waals surface area contributed by atoms with Crippen molar-refractivity contribution in [3.05, 3.63) is 53.3 Å². The van der Waals surface area contributed by atoms with Crippen LogP contribution in [-0.4, -0.2) is 46.9 Å². The largest absolute Gasteiger partial charge is 0.323 e. The average Bonchev–Trinajstić information content (AvgIpc) is 2.56. The third-order valence-electron chi connectivity index (χ3n) is 3.56. The summed E-state index contributed by atoms with van der Waals surface area (Å²) < 4.78 is 64.6. The maximum absolute atomic E-state index is 13.8. The molecule has 152 valence electrons. The van der Waals surface area contributed by atoms with Crippen molar-refractivity contribution in [3.8, 4) is 0 Å². The fourth-order valence-electron chi connectivity index (χ4n) is 2.08. The zero-order valence-electron chi connectivity index (χ0n) is 14.8. The Bertz CT molecular complexity index is 1110. The fraction of sp³-hybridized carbons (Fsp3) is 0.188. The molecule has 0 unspecified atom stereocenters. The molecule has 2 aromatic carbocycles. The zero-order valence-corrected chi connectivity index (χ0v) is 17.2. The Morgan fingerprint density at radius 3 is 2.36 bits per heavy atom. The quantitative estimate of drug-likeness (QED) is 0.672. The molecule has 0 aliphatic carbocycles. The SMILES string of the molecule is CN(CC(=O)Nc1cc(Cl)ccc1NS(=O)(=O)c1ccccc1F)S(C)(=O)=O. The molecule has 2 N–H and O–H groups in total. The van der Waals surface area contributed by atoms with Gasteiger partial charge in [-0.15, -0.1) is 0 Å². The van der Waals surface area contributed by atoms with Gasteiger partial charge in [-0.2, -0.15) is 4.31 Å². The summed E-state index contributed by atoms with van der Waals surface area (Å²) in [4.78, 5) is 11.6. The predicted molar refractivity (Wildman–Crippen MR) is 105 cm³/mol. The summed E-state index contributed by atoms with van der Waals surface area (Å²) in [6.45, 7) is -0.495. The molecule has 0 aliphatic rings. The molecule has 0 spiro atoms. The van der Waals surface area contributed by atoms with Crippen molar-refractivity contribution in [3.63, 3.8) is 0 Å². The van der Waals surface area contributed by atoms with E-state index in [1.54, 1.807) is 0 Å². The minimum atomic E-state index is -4.29. The van der Waals surface area contributed by atoms with Gasteiger partial charge in [0.2, 0.25) is 15.9 Å². The molecule has 0 saturated heterocycles. The van der Waals surface area contributed by atoms with Gasteiger partial charge in [-0.3, -0.25) is 9.52 Å². The van der Waals surface area contributed by atoms with Crippen LogP contribution in [-0.2, 0) is 24.8 Å². The Labute approximate surface area is 167 Å². The van der Waals surface area contributed by atoms with E-state index in [1.165, 1.54) is 37.4 Å². The van der Waals surface area contributed by atoms with Crippen LogP contribution in [0.5, 0.6) is 0 Å². The van der Waals surface area contributed by atoms with Crippen molar-refractivity contribution < 1.29 is 26.0 Å². The molecule has 12 heteroatoms. The summed E-state index contributed by atoms with van der Waals surface area (Å²) in [5, 5.41) is 2.59. The fourth-order valence-corrected chi connectivity index (χ4v) is 3.76. The molecular formula is C16H17ClFN3O5S2. The summed E-state index contributed by atoms with van der Waals surface area (Å²) in [6.07, 6.45) is 0.938. The van der Waals surface area contributed by atoms with Gasteiger partial charge in [-0.1, -0.05) is 23.7 Å². The normalized spacial score (nSPS) is 12.0. The maximum Gasteiger partial charge on any atom is 0.264 e. The van der Waals surface area contributed by atoms with Crippen LogP contribution in [0.1, 0.15) is 0 Å². The number of nitrogens with zero attached hydrogens (tertiary/aromatic N) is 1. The van der Waals surface area contributed by atoms with E-state index in [0.29, 0.717) is 0 Å². The Hall–Kier alpha value is -2.21. The Kier molecular flexibility index (Phi) is 6.65. The summed E-state index contributed by atoms with van der Waals surface area (Å²) in [5.41, 5.74) is -0.0812. The molecule has 0 saturated carbocycles. The molecule has 0 heterocycles. The highest BCUT2D eigenvalue weighted by atomic mass is 35.5. The van der Waals surface area contributed by atoms with Crippen molar-refractivity contribution >= 4 is 48.9 Å². The molecule has 2 aromatic rings. The van der Waals surface area contributed by atoms with Gasteiger partial charge >= 0.3 is 0 Å². The standard InChI is InChI=1S/C16H17ClFN3O5S2/c1-21(27(2,23)24)10-16(22)19-14-9-11(17)7-8-13(14)20-28(25,26)15-6-4-3-5-12(15)18/h3-9,20H,10H2,1-2H3,(H,19,22). The molecule has 0 radical (unpaired) electrons. The number of hydrogen-bond acceptors (Lipinski definition) is 5. The van der Waals surface area contributed by atoms with Crippen LogP contribution in [0.25, 0.3) is 0 Å². The lowest BCUT2D eigenvalue weighted by atomic mass is 10.2. The minimum Gasteiger partial charge on any atom is -0.323 e. The first-order chi connectivity index (χ1) is 12.9. The second kappa shape index (κ2) is 8.43. The Morgan fingerprint density at radius 2 is 1.75 bits per heavy atom. The average molecular weight is 450 g/mol. The number of nitrogens with one attached hydrogen (secondary N) is 2. The lowest BCUT2D eigenvalue weighted by Crippen LogP contribution is -2.34. The predicted octanol–water partition coefficient (Wildman–Crippen LogP) is 2.11. The molecule has 2 rings (SSSR count). The number of likely N-dealkylation sites (N-methyl/N-ethyl adjacent to an activating group) is 1. The summed E-state index contributed by atoms with van der Waals surface area (Å²) >= 11 is 5.90. The van der Waals surface area contributed by atoms with Crippen LogP contribution in [0.2, 0.25) is 5.02 Å². The first kappa shape index (κ1) is 22.1. The summed E-state index contributed by atoms with van der Waals surface area (Å²) in [6, 6.07) is 8.74. The van der Waals surface area contributed by atoms with E-state index in [-0.39, 0.29) is 16.4 Å². The number of anilines is 2. The number of hydrogen-bond donors (Lipinski definition) is 2. The van der Waals surface area contributed by atoms with Crippen LogP contribution in [0.15, 0.2) is 47.4 Å². The third kappa shape index (κ3) is 5.64. The minimum absolute atomic E-state index is 0.0145. The van der Waals surface area contributed by atoms with E-state index in [2.05, 4.69) is 10.0 Å². The number of carbonyl (C=O) groups is 1. The molecule has 0 atom stereocenters. The number of halogens is 2. The first-order valence-corrected chi connectivity index (χ1v) is 11.4. The summed E-state index contributed by atoms with van der Waals surface area (Å²) in [5.74, 6) is -1.66. The molecule has 0 aliphatic heterocycles. The number of sulfonamides is 2. The smallest absolute Gasteiger partial charge is 0.264 e. The molecular weight excluding hydrogens is 433 g/mol. The summed E-state index contributed by atoms with van der Waals surface area (Å²) in [7, 11) is -6.65. The number of rotatable bonds is 7. The van der Waals surface area contributed by atoms with Gasteiger partial charge in [0.15, 0.2) is 0 Å². The van der Waals surface area contributed by atoms with Crippen LogP contribution < -0.4 is 10.0 Å². The van der Waals surface area contributed by atoms with Crippen molar-refractivity contribution in [2.45, 2.75) is 4.90 Å². The van der Waals surface area contributed by atoms with Crippen molar-refractivity contribution in [2.24, 2.45) is 0 Å². The van der Waals surface area contributed by atoms with E-state index >= 15 is 0 Å². The molecule has 0 bridgehead atoms. The van der Waals surface area contributed by atoms with Crippen LogP contribution in [0.4, 0.5) is 15.8 Å². The highest BCUT2D eigenvalue weighted by molar-refractivity contribution is 7.92. The maximum atomic E-state index is 13.8. The number of amides is 1. The number of benzene rings is 2. The highest BCUT2D eigenvalue weighted by Gasteiger charge is 2.21. The molecule has 0 fully saturated rings. The van der Waals surface area contributed by atoms with Gasteiger partial charge in [0.05, 0.1) is 24.2 Å². The van der Waals surface area contributed by atoms with Crippen molar-refractivity contribution in [1.82, 2.24) is 4.31 Å². The number of carbonyl (C=O) groups excluding carboxylic acids is 1. The van der Waals surface area contributed by atoms with Gasteiger partial charge in [0.1, 0.15) is 10.7 Å². The monoisotopic (exact) mass is 449 g/mol. The van der Waals surface area contributed by atoms with Crippen LogP contribution in [0, 0.1) is 5.82 Å². The first-order valence-electron chi connectivity index (χ1n) is 7.68. The van der Waals surface area contributed by atoms with Crippen LogP contribution in [0.3, 0.4) is 0 Å². The van der Waals surface area contributed by atoms with E-state index in [4.69, 9.17) is 11.6 Å². The topological polar surface area (TPSA) is 113 Å². The second-order valence-electron chi connectivity index (χ2n) is 5.79. The lowest BCUT2D eigenvalue weighted by molar-refractivity contribution is -0.116. The van der Waals surface area contributed by atoms with Gasteiger partial charge in [-0.25, -0.2) is 21.2 Å². The van der Waals surface area contributed by atoms with E-state index < -0.39 is 43.2 Å². The second-order valence-corrected chi connectivity index (χ2v) is 9.97. The Balaban J connectivity index is 2.30. The third-order valence-corrected chi connectivity index (χ3v) is 6.45. The van der Waals surface area contributed by atoms with E-state index in [9.17, 15) is 26.0 Å². The van der Waals surface area contributed by atoms with Gasteiger partial charge in [0.25, 0.3) is 10.0 Å². The van der Waals surface area contributed by atoms with E-state index in [1.807, 2.05) is 0 Å². The van der Waals surface area contributed by atoms with Gasteiger partial charge < -0.3 is 5.32 Å². The van der Waals surface area contributed by atoms with Crippen molar-refractivity contribution in [2.75, 3.05) is 29.9 Å². The lowest BCUT2D eigenvalue weighted by Gasteiger charge is -2.17. The molecule has 0 aromatic heterocycles. The van der Waals surface area contributed by atoms with Gasteiger partial charge in [-0.05, 0) is 30.3 Å². The van der Waals surface area contributed by atoms with Crippen LogP contribution >= 0.6 is 11.6 Å². The molecule has 28 heavy (non-hydrogen) atoms. The van der Waals surface area contributed by atoms with Gasteiger partial charge in [0, 0.05) is 12.1 Å². The van der Waals surface area contributed by atoms with Crippen molar-refractivity contribution in [1.29, 1.82) is 0 Å². The zero-order chi connectivity index (χ0) is 21.1. The highest BCUT2D eigenvalue weighted by Crippen LogP contribution is 2.28. The molecule has 1 amide bonds.